The van der Waals surface area contributed by atoms with Gasteiger partial charge < -0.3 is 0 Å². The van der Waals surface area contributed by atoms with Gasteiger partial charge in [-0.3, -0.25) is 10.3 Å². The Labute approximate surface area is 107 Å². The highest BCUT2D eigenvalue weighted by Crippen LogP contribution is 2.04. The van der Waals surface area contributed by atoms with Crippen LogP contribution in [0.2, 0.25) is 0 Å². The molecule has 0 aliphatic heterocycles. The first-order valence-electron chi connectivity index (χ1n) is 5.94. The van der Waals surface area contributed by atoms with Gasteiger partial charge in [0.2, 0.25) is 0 Å². The third-order valence-electron chi connectivity index (χ3n) is 2.71. The molecule has 1 N–H and O–H groups in total. The van der Waals surface area contributed by atoms with E-state index in [0.717, 1.165) is 12.0 Å². The van der Waals surface area contributed by atoms with Crippen molar-refractivity contribution in [3.05, 3.63) is 66.0 Å². The topological polar surface area (TPSA) is 48.7 Å². The molecular formula is C15H15N3. The van der Waals surface area contributed by atoms with Gasteiger partial charge in [0, 0.05) is 25.4 Å². The van der Waals surface area contributed by atoms with Crippen molar-refractivity contribution in [1.29, 1.82) is 5.26 Å². The van der Waals surface area contributed by atoms with Crippen LogP contribution in [0.4, 0.5) is 0 Å². The molecule has 0 bridgehead atoms. The predicted octanol–water partition coefficient (Wildman–Crippen LogP) is 2.31. The Morgan fingerprint density at radius 2 is 1.89 bits per heavy atom. The van der Waals surface area contributed by atoms with Gasteiger partial charge in [-0.05, 0) is 17.2 Å². The van der Waals surface area contributed by atoms with E-state index in [4.69, 9.17) is 5.26 Å². The molecule has 1 aromatic carbocycles. The molecule has 3 nitrogen and oxygen atoms in total. The summed E-state index contributed by atoms with van der Waals surface area (Å²) in [6.45, 7) is 0.666. The molecule has 3 heteroatoms. The molecule has 0 fully saturated rings. The normalized spacial score (nSPS) is 11.7. The van der Waals surface area contributed by atoms with Crippen LogP contribution in [-0.2, 0) is 13.0 Å². The summed E-state index contributed by atoms with van der Waals surface area (Å²) in [6.07, 6.45) is 4.27. The number of rotatable bonds is 5. The fraction of sp³-hybridized carbons (Fsp3) is 0.200. The number of nitrogens with zero attached hydrogens (tertiary/aromatic N) is 2. The molecule has 0 amide bonds. The first-order valence-corrected chi connectivity index (χ1v) is 5.94. The first-order chi connectivity index (χ1) is 8.88. The van der Waals surface area contributed by atoms with Crippen LogP contribution in [0, 0.1) is 11.3 Å². The number of pyridine rings is 1. The molecule has 0 spiro atoms. The predicted molar refractivity (Wildman–Crippen MR) is 70.6 cm³/mol. The van der Waals surface area contributed by atoms with Gasteiger partial charge in [0.05, 0.1) is 12.1 Å². The fourth-order valence-electron chi connectivity index (χ4n) is 1.76. The Bertz CT molecular complexity index is 502. The van der Waals surface area contributed by atoms with Crippen LogP contribution in [0.1, 0.15) is 11.1 Å². The lowest BCUT2D eigenvalue weighted by atomic mass is 10.1. The third kappa shape index (κ3) is 3.69. The summed E-state index contributed by atoms with van der Waals surface area (Å²) in [7, 11) is 0. The van der Waals surface area contributed by atoms with Crippen molar-refractivity contribution in [2.45, 2.75) is 19.0 Å². The molecule has 1 heterocycles. The fourth-order valence-corrected chi connectivity index (χ4v) is 1.76. The van der Waals surface area contributed by atoms with Gasteiger partial charge in [0.15, 0.2) is 0 Å². The van der Waals surface area contributed by atoms with E-state index in [0.29, 0.717) is 6.54 Å². The average Bonchev–Trinajstić information content (AvgIpc) is 2.45. The molecule has 0 saturated heterocycles. The smallest absolute Gasteiger partial charge is 0.0996 e. The van der Waals surface area contributed by atoms with Crippen LogP contribution in [0.5, 0.6) is 0 Å². The monoisotopic (exact) mass is 237 g/mol. The van der Waals surface area contributed by atoms with Gasteiger partial charge in [-0.2, -0.15) is 5.26 Å². The lowest BCUT2D eigenvalue weighted by molar-refractivity contribution is 0.598. The summed E-state index contributed by atoms with van der Waals surface area (Å²) in [6, 6.07) is 16.0. The second kappa shape index (κ2) is 6.53. The number of aromatic nitrogens is 1. The lowest BCUT2D eigenvalue weighted by Gasteiger charge is -2.11. The Morgan fingerprint density at radius 1 is 1.11 bits per heavy atom. The van der Waals surface area contributed by atoms with Crippen molar-refractivity contribution in [2.24, 2.45) is 0 Å². The van der Waals surface area contributed by atoms with Crippen LogP contribution in [0.15, 0.2) is 54.9 Å². The molecule has 1 aromatic heterocycles. The van der Waals surface area contributed by atoms with Crippen molar-refractivity contribution < 1.29 is 0 Å². The van der Waals surface area contributed by atoms with Gasteiger partial charge >= 0.3 is 0 Å². The molecule has 0 aliphatic rings. The molecule has 2 rings (SSSR count). The second-order valence-corrected chi connectivity index (χ2v) is 4.11. The van der Waals surface area contributed by atoms with Gasteiger partial charge in [0.1, 0.15) is 0 Å². The van der Waals surface area contributed by atoms with Crippen LogP contribution in [0.3, 0.4) is 0 Å². The summed E-state index contributed by atoms with van der Waals surface area (Å²) in [5.74, 6) is 0. The van der Waals surface area contributed by atoms with Crippen LogP contribution < -0.4 is 5.32 Å². The van der Waals surface area contributed by atoms with E-state index < -0.39 is 0 Å². The van der Waals surface area contributed by atoms with E-state index in [1.807, 2.05) is 48.7 Å². The number of nitriles is 1. The van der Waals surface area contributed by atoms with E-state index in [9.17, 15) is 0 Å². The Morgan fingerprint density at radius 3 is 2.56 bits per heavy atom. The number of benzene rings is 1. The number of hydrogen-bond donors (Lipinski definition) is 1. The zero-order valence-electron chi connectivity index (χ0n) is 10.1. The van der Waals surface area contributed by atoms with Gasteiger partial charge in [-0.1, -0.05) is 36.4 Å². The van der Waals surface area contributed by atoms with Crippen molar-refractivity contribution in [3.8, 4) is 6.07 Å². The summed E-state index contributed by atoms with van der Waals surface area (Å²) in [4.78, 5) is 4.05. The molecule has 18 heavy (non-hydrogen) atoms. The summed E-state index contributed by atoms with van der Waals surface area (Å²) in [5, 5.41) is 12.4. The van der Waals surface area contributed by atoms with Crippen LogP contribution in [0.25, 0.3) is 0 Å². The summed E-state index contributed by atoms with van der Waals surface area (Å²) in [5.41, 5.74) is 2.26. The summed E-state index contributed by atoms with van der Waals surface area (Å²) < 4.78 is 0. The van der Waals surface area contributed by atoms with Gasteiger partial charge in [-0.25, -0.2) is 0 Å². The third-order valence-corrected chi connectivity index (χ3v) is 2.71. The molecule has 0 radical (unpaired) electrons. The highest BCUT2D eigenvalue weighted by molar-refractivity contribution is 5.18. The maximum atomic E-state index is 9.14. The number of hydrogen-bond acceptors (Lipinski definition) is 3. The lowest BCUT2D eigenvalue weighted by Crippen LogP contribution is -2.29. The summed E-state index contributed by atoms with van der Waals surface area (Å²) >= 11 is 0. The minimum atomic E-state index is -0.174. The van der Waals surface area contributed by atoms with E-state index >= 15 is 0 Å². The van der Waals surface area contributed by atoms with E-state index in [1.54, 1.807) is 6.20 Å². The SMILES string of the molecule is N#CC(Cc1ccccc1)NCc1cccnc1. The van der Waals surface area contributed by atoms with Crippen molar-refractivity contribution in [1.82, 2.24) is 10.3 Å². The number of nitrogens with one attached hydrogen (secondary N) is 1. The van der Waals surface area contributed by atoms with Crippen LogP contribution in [-0.4, -0.2) is 11.0 Å². The minimum Gasteiger partial charge on any atom is -0.297 e. The molecule has 0 saturated carbocycles. The van der Waals surface area contributed by atoms with E-state index in [1.165, 1.54) is 5.56 Å². The zero-order valence-corrected chi connectivity index (χ0v) is 10.1. The largest absolute Gasteiger partial charge is 0.297 e. The average molecular weight is 237 g/mol. The molecular weight excluding hydrogens is 222 g/mol. The van der Waals surface area contributed by atoms with Crippen molar-refractivity contribution >= 4 is 0 Å². The van der Waals surface area contributed by atoms with Crippen molar-refractivity contribution in [2.75, 3.05) is 0 Å². The maximum absolute atomic E-state index is 9.14. The van der Waals surface area contributed by atoms with Gasteiger partial charge in [-0.15, -0.1) is 0 Å². The standard InChI is InChI=1S/C15H15N3/c16-10-15(9-13-5-2-1-3-6-13)18-12-14-7-4-8-17-11-14/h1-8,11,15,18H,9,12H2. The molecule has 1 atom stereocenters. The molecule has 0 aliphatic carbocycles. The Hall–Kier alpha value is -2.18. The maximum Gasteiger partial charge on any atom is 0.0996 e. The quantitative estimate of drug-likeness (QED) is 0.868. The molecule has 1 unspecified atom stereocenters. The highest BCUT2D eigenvalue weighted by atomic mass is 14.9. The Kier molecular flexibility index (Phi) is 4.46. The van der Waals surface area contributed by atoms with Crippen LogP contribution >= 0.6 is 0 Å². The second-order valence-electron chi connectivity index (χ2n) is 4.11. The zero-order chi connectivity index (χ0) is 12.6. The molecule has 90 valence electrons. The minimum absolute atomic E-state index is 0.174. The highest BCUT2D eigenvalue weighted by Gasteiger charge is 2.07. The van der Waals surface area contributed by atoms with Gasteiger partial charge in [0.25, 0.3) is 0 Å². The van der Waals surface area contributed by atoms with Crippen molar-refractivity contribution in [3.63, 3.8) is 0 Å². The van der Waals surface area contributed by atoms with E-state index in [2.05, 4.69) is 16.4 Å². The molecule has 2 aromatic rings. The Balaban J connectivity index is 1.89. The van der Waals surface area contributed by atoms with E-state index in [-0.39, 0.29) is 6.04 Å². The first kappa shape index (κ1) is 12.3.